The molecule has 2 heterocycles. The lowest BCUT2D eigenvalue weighted by atomic mass is 10.1. The molecule has 1 aliphatic rings. The summed E-state index contributed by atoms with van der Waals surface area (Å²) in [6.45, 7) is -0.0651. The summed E-state index contributed by atoms with van der Waals surface area (Å²) in [7, 11) is 1.64. The van der Waals surface area contributed by atoms with Crippen LogP contribution in [0.15, 0.2) is 24.5 Å². The molecule has 2 amide bonds. The van der Waals surface area contributed by atoms with E-state index >= 15 is 0 Å². The second-order valence-corrected chi connectivity index (χ2v) is 5.89. The van der Waals surface area contributed by atoms with Gasteiger partial charge >= 0.3 is 0 Å². The van der Waals surface area contributed by atoms with Crippen LogP contribution in [-0.4, -0.2) is 37.5 Å². The van der Waals surface area contributed by atoms with Crippen LogP contribution in [0, 0.1) is 11.6 Å². The minimum atomic E-state index is -0.968. The minimum absolute atomic E-state index is 0.0511. The van der Waals surface area contributed by atoms with Gasteiger partial charge < -0.3 is 4.90 Å². The molecule has 2 aromatic rings. The van der Waals surface area contributed by atoms with Gasteiger partial charge in [0.2, 0.25) is 17.8 Å². The van der Waals surface area contributed by atoms with Gasteiger partial charge in [0.15, 0.2) is 11.6 Å². The molecular formula is C16H17F2N5O2. The van der Waals surface area contributed by atoms with E-state index in [0.717, 1.165) is 6.07 Å². The number of anilines is 1. The van der Waals surface area contributed by atoms with Crippen molar-refractivity contribution < 1.29 is 18.4 Å². The average Bonchev–Trinajstić information content (AvgIpc) is 3.12. The molecule has 1 fully saturated rings. The number of nitrogens with one attached hydrogen (secondary N) is 1. The van der Waals surface area contributed by atoms with E-state index in [-0.39, 0.29) is 42.8 Å². The van der Waals surface area contributed by atoms with Gasteiger partial charge in [-0.1, -0.05) is 12.1 Å². The van der Waals surface area contributed by atoms with E-state index in [1.807, 2.05) is 0 Å². The zero-order chi connectivity index (χ0) is 18.0. The average molecular weight is 349 g/mol. The Morgan fingerprint density at radius 3 is 2.92 bits per heavy atom. The number of likely N-dealkylation sites (tertiary alicyclic amines) is 1. The second kappa shape index (κ2) is 6.96. The molecule has 3 rings (SSSR count). The van der Waals surface area contributed by atoms with Gasteiger partial charge in [0.05, 0.1) is 0 Å². The molecule has 0 radical (unpaired) electrons. The lowest BCUT2D eigenvalue weighted by Crippen LogP contribution is -2.35. The van der Waals surface area contributed by atoms with E-state index in [1.54, 1.807) is 7.05 Å². The maximum atomic E-state index is 13.9. The van der Waals surface area contributed by atoms with Crippen LogP contribution in [0.4, 0.5) is 14.7 Å². The normalized spacial score (nSPS) is 17.2. The van der Waals surface area contributed by atoms with E-state index in [2.05, 4.69) is 15.4 Å². The number of hydrogen-bond donors (Lipinski definition) is 1. The third kappa shape index (κ3) is 3.65. The van der Waals surface area contributed by atoms with E-state index in [1.165, 1.54) is 28.0 Å². The van der Waals surface area contributed by atoms with Crippen molar-refractivity contribution >= 4 is 17.8 Å². The fraction of sp³-hybridized carbons (Fsp3) is 0.375. The number of aromatic nitrogens is 3. The molecule has 132 valence electrons. The monoisotopic (exact) mass is 349 g/mol. The summed E-state index contributed by atoms with van der Waals surface area (Å²) < 4.78 is 28.6. The molecule has 7 nitrogen and oxygen atoms in total. The lowest BCUT2D eigenvalue weighted by molar-refractivity contribution is -0.130. The van der Waals surface area contributed by atoms with Gasteiger partial charge in [-0.05, 0) is 12.5 Å². The van der Waals surface area contributed by atoms with Crippen molar-refractivity contribution in [1.29, 1.82) is 0 Å². The zero-order valence-electron chi connectivity index (χ0n) is 13.6. The number of hydrogen-bond acceptors (Lipinski definition) is 4. The first-order chi connectivity index (χ1) is 12.0. The summed E-state index contributed by atoms with van der Waals surface area (Å²) in [5.74, 6) is -2.12. The van der Waals surface area contributed by atoms with Crippen molar-refractivity contribution in [2.45, 2.75) is 31.8 Å². The maximum absolute atomic E-state index is 13.9. The van der Waals surface area contributed by atoms with Gasteiger partial charge in [0.1, 0.15) is 6.33 Å². The van der Waals surface area contributed by atoms with Crippen LogP contribution in [0.3, 0.4) is 0 Å². The highest BCUT2D eigenvalue weighted by Crippen LogP contribution is 2.25. The van der Waals surface area contributed by atoms with Crippen LogP contribution >= 0.6 is 0 Å². The molecule has 0 unspecified atom stereocenters. The highest BCUT2D eigenvalue weighted by Gasteiger charge is 2.33. The predicted octanol–water partition coefficient (Wildman–Crippen LogP) is 1.61. The molecule has 1 N–H and O–H groups in total. The predicted molar refractivity (Wildman–Crippen MR) is 84.2 cm³/mol. The SMILES string of the molecule is Cn1ncnc1NC(=O)C[C@@H]1CCC(=O)N1Cc1cccc(F)c1F. The van der Waals surface area contributed by atoms with Crippen molar-refractivity contribution in [1.82, 2.24) is 19.7 Å². The molecule has 9 heteroatoms. The van der Waals surface area contributed by atoms with Gasteiger partial charge in [-0.2, -0.15) is 10.1 Å². The first kappa shape index (κ1) is 17.0. The number of amides is 2. The Bertz CT molecular complexity index is 808. The number of carbonyl (C=O) groups is 2. The highest BCUT2D eigenvalue weighted by atomic mass is 19.2. The number of aryl methyl sites for hydroxylation is 1. The Hall–Kier alpha value is -2.84. The lowest BCUT2D eigenvalue weighted by Gasteiger charge is -2.24. The molecule has 1 aromatic heterocycles. The Kier molecular flexibility index (Phi) is 4.73. The van der Waals surface area contributed by atoms with Crippen LogP contribution in [0.1, 0.15) is 24.8 Å². The molecule has 0 spiro atoms. The molecule has 1 atom stereocenters. The quantitative estimate of drug-likeness (QED) is 0.889. The molecule has 0 saturated carbocycles. The zero-order valence-corrected chi connectivity index (χ0v) is 13.6. The maximum Gasteiger partial charge on any atom is 0.228 e. The Morgan fingerprint density at radius 1 is 1.40 bits per heavy atom. The van der Waals surface area contributed by atoms with Crippen LogP contribution in [0.2, 0.25) is 0 Å². The topological polar surface area (TPSA) is 80.1 Å². The van der Waals surface area contributed by atoms with Gasteiger partial charge in [-0.15, -0.1) is 0 Å². The van der Waals surface area contributed by atoms with Crippen LogP contribution in [-0.2, 0) is 23.2 Å². The van der Waals surface area contributed by atoms with E-state index in [0.29, 0.717) is 12.4 Å². The van der Waals surface area contributed by atoms with Crippen molar-refractivity contribution in [3.63, 3.8) is 0 Å². The summed E-state index contributed by atoms with van der Waals surface area (Å²) in [4.78, 5) is 29.6. The summed E-state index contributed by atoms with van der Waals surface area (Å²) in [5, 5.41) is 6.47. The smallest absolute Gasteiger partial charge is 0.228 e. The first-order valence-corrected chi connectivity index (χ1v) is 7.82. The number of rotatable bonds is 5. The van der Waals surface area contributed by atoms with Crippen LogP contribution in [0.5, 0.6) is 0 Å². The number of nitrogens with zero attached hydrogens (tertiary/aromatic N) is 4. The molecule has 0 aliphatic carbocycles. The molecule has 0 bridgehead atoms. The van der Waals surface area contributed by atoms with Crippen LogP contribution in [0.25, 0.3) is 0 Å². The van der Waals surface area contributed by atoms with E-state index in [4.69, 9.17) is 0 Å². The largest absolute Gasteiger partial charge is 0.335 e. The van der Waals surface area contributed by atoms with Gasteiger partial charge in [-0.25, -0.2) is 13.5 Å². The number of carbonyl (C=O) groups excluding carboxylic acids is 2. The summed E-state index contributed by atoms with van der Waals surface area (Å²) in [6.07, 6.45) is 2.13. The molecule has 1 aromatic carbocycles. The second-order valence-electron chi connectivity index (χ2n) is 5.89. The summed E-state index contributed by atoms with van der Waals surface area (Å²) in [5.41, 5.74) is 0.0916. The van der Waals surface area contributed by atoms with E-state index in [9.17, 15) is 18.4 Å². The fourth-order valence-corrected chi connectivity index (χ4v) is 2.88. The number of halogens is 2. The fourth-order valence-electron chi connectivity index (χ4n) is 2.88. The van der Waals surface area contributed by atoms with Gasteiger partial charge in [0.25, 0.3) is 0 Å². The first-order valence-electron chi connectivity index (χ1n) is 7.82. The van der Waals surface area contributed by atoms with Crippen molar-refractivity contribution in [2.24, 2.45) is 7.05 Å². The third-order valence-corrected chi connectivity index (χ3v) is 4.21. The number of benzene rings is 1. The third-order valence-electron chi connectivity index (χ3n) is 4.21. The summed E-state index contributed by atoms with van der Waals surface area (Å²) in [6, 6.07) is 3.48. The molecule has 1 saturated heterocycles. The highest BCUT2D eigenvalue weighted by molar-refractivity contribution is 5.90. The Morgan fingerprint density at radius 2 is 2.20 bits per heavy atom. The summed E-state index contributed by atoms with van der Waals surface area (Å²) >= 11 is 0. The van der Waals surface area contributed by atoms with E-state index < -0.39 is 11.6 Å². The van der Waals surface area contributed by atoms with Gasteiger partial charge in [-0.3, -0.25) is 14.9 Å². The minimum Gasteiger partial charge on any atom is -0.335 e. The Balaban J connectivity index is 1.68. The van der Waals surface area contributed by atoms with Crippen molar-refractivity contribution in [3.8, 4) is 0 Å². The van der Waals surface area contributed by atoms with Crippen molar-refractivity contribution in [3.05, 3.63) is 41.7 Å². The Labute approximate surface area is 142 Å². The van der Waals surface area contributed by atoms with Gasteiger partial charge in [0, 0.05) is 38.0 Å². The van der Waals surface area contributed by atoms with Crippen LogP contribution < -0.4 is 5.32 Å². The van der Waals surface area contributed by atoms with Crippen molar-refractivity contribution in [2.75, 3.05) is 5.32 Å². The standard InChI is InChI=1S/C16H17F2N5O2/c1-22-16(19-9-20-22)21-13(24)7-11-5-6-14(25)23(11)8-10-3-2-4-12(17)15(10)18/h2-4,9,11H,5-8H2,1H3,(H,19,20,21,24)/t11-/m0/s1. The molecule has 1 aliphatic heterocycles. The molecule has 25 heavy (non-hydrogen) atoms. The molecular weight excluding hydrogens is 332 g/mol.